The Morgan fingerprint density at radius 1 is 0.885 bits per heavy atom. The molecule has 3 aromatic rings. The van der Waals surface area contributed by atoms with E-state index in [-0.39, 0.29) is 12.4 Å². The Labute approximate surface area is 166 Å². The number of nitrogens with one attached hydrogen (secondary N) is 1. The lowest BCUT2D eigenvalue weighted by molar-refractivity contribution is 0.303. The molecule has 1 N–H and O–H groups in total. The lowest BCUT2D eigenvalue weighted by Crippen LogP contribution is -2.04. The second kappa shape index (κ2) is 8.63. The van der Waals surface area contributed by atoms with Crippen LogP contribution in [0.2, 0.25) is 15.1 Å². The van der Waals surface area contributed by atoms with Gasteiger partial charge in [0.1, 0.15) is 18.2 Å². The van der Waals surface area contributed by atoms with Gasteiger partial charge in [-0.2, -0.15) is 0 Å². The average molecular weight is 411 g/mol. The summed E-state index contributed by atoms with van der Waals surface area (Å²) in [4.78, 5) is 0. The minimum absolute atomic E-state index is 0.240. The number of rotatable bonds is 6. The lowest BCUT2D eigenvalue weighted by atomic mass is 10.2. The van der Waals surface area contributed by atoms with E-state index in [1.54, 1.807) is 42.5 Å². The molecular formula is C20H15Cl3FNO. The van der Waals surface area contributed by atoms with Crippen molar-refractivity contribution in [2.75, 3.05) is 5.32 Å². The van der Waals surface area contributed by atoms with Gasteiger partial charge in [0.15, 0.2) is 0 Å². The number of ether oxygens (including phenoxy) is 1. The zero-order chi connectivity index (χ0) is 18.5. The van der Waals surface area contributed by atoms with E-state index in [0.29, 0.717) is 27.4 Å². The van der Waals surface area contributed by atoms with E-state index in [0.717, 1.165) is 16.8 Å². The van der Waals surface area contributed by atoms with Crippen LogP contribution in [0.25, 0.3) is 0 Å². The molecule has 3 rings (SSSR count). The van der Waals surface area contributed by atoms with Crippen molar-refractivity contribution in [3.63, 3.8) is 0 Å². The molecule has 0 bridgehead atoms. The molecule has 134 valence electrons. The quantitative estimate of drug-likeness (QED) is 0.473. The Hall–Kier alpha value is -1.94. The molecular weight excluding hydrogens is 396 g/mol. The fourth-order valence-corrected chi connectivity index (χ4v) is 3.11. The number of hydrogen-bond acceptors (Lipinski definition) is 2. The highest BCUT2D eigenvalue weighted by Gasteiger charge is 2.10. The fourth-order valence-electron chi connectivity index (χ4n) is 2.41. The maximum atomic E-state index is 13.0. The van der Waals surface area contributed by atoms with Crippen molar-refractivity contribution in [1.82, 2.24) is 0 Å². The van der Waals surface area contributed by atoms with E-state index in [1.807, 2.05) is 6.07 Å². The standard InChI is InChI=1S/C20H15Cl3FNO/c21-14-4-9-20(26-12-17-18(22)2-1-3-19(17)23)13(10-14)11-25-16-7-5-15(24)6-8-16/h1-10,25H,11-12H2. The van der Waals surface area contributed by atoms with Crippen LogP contribution in [0.4, 0.5) is 10.1 Å². The van der Waals surface area contributed by atoms with Crippen molar-refractivity contribution in [2.24, 2.45) is 0 Å². The summed E-state index contributed by atoms with van der Waals surface area (Å²) in [7, 11) is 0. The van der Waals surface area contributed by atoms with Gasteiger partial charge in [0.25, 0.3) is 0 Å². The molecule has 2 nitrogen and oxygen atoms in total. The molecule has 0 amide bonds. The Balaban J connectivity index is 1.74. The minimum Gasteiger partial charge on any atom is -0.488 e. The van der Waals surface area contributed by atoms with Crippen LogP contribution in [0.3, 0.4) is 0 Å². The predicted octanol–water partition coefficient (Wildman–Crippen LogP) is 6.98. The molecule has 6 heteroatoms. The first-order valence-corrected chi connectivity index (χ1v) is 9.00. The largest absolute Gasteiger partial charge is 0.488 e. The molecule has 0 aliphatic carbocycles. The fraction of sp³-hybridized carbons (Fsp3) is 0.100. The van der Waals surface area contributed by atoms with Gasteiger partial charge in [-0.05, 0) is 54.6 Å². The highest BCUT2D eigenvalue weighted by Crippen LogP contribution is 2.29. The van der Waals surface area contributed by atoms with Gasteiger partial charge in [-0.25, -0.2) is 4.39 Å². The van der Waals surface area contributed by atoms with Crippen LogP contribution >= 0.6 is 34.8 Å². The van der Waals surface area contributed by atoms with Gasteiger partial charge in [0.2, 0.25) is 0 Å². The van der Waals surface area contributed by atoms with Crippen LogP contribution in [-0.2, 0) is 13.2 Å². The van der Waals surface area contributed by atoms with E-state index in [2.05, 4.69) is 5.32 Å². The Kier molecular flexibility index (Phi) is 6.25. The van der Waals surface area contributed by atoms with Gasteiger partial charge < -0.3 is 10.1 Å². The van der Waals surface area contributed by atoms with Crippen molar-refractivity contribution in [3.8, 4) is 5.75 Å². The molecule has 0 heterocycles. The Bertz CT molecular complexity index is 880. The summed E-state index contributed by atoms with van der Waals surface area (Å²) in [6, 6.07) is 16.8. The summed E-state index contributed by atoms with van der Waals surface area (Å²) < 4.78 is 18.9. The average Bonchev–Trinajstić information content (AvgIpc) is 2.62. The maximum Gasteiger partial charge on any atom is 0.124 e. The van der Waals surface area contributed by atoms with Crippen LogP contribution in [0.5, 0.6) is 5.75 Å². The summed E-state index contributed by atoms with van der Waals surface area (Å²) in [5.74, 6) is 0.388. The second-order valence-corrected chi connectivity index (χ2v) is 6.85. The maximum absolute atomic E-state index is 13.0. The molecule has 0 fully saturated rings. The number of anilines is 1. The summed E-state index contributed by atoms with van der Waals surface area (Å²) in [5, 5.41) is 4.93. The van der Waals surface area contributed by atoms with Crippen LogP contribution in [0.15, 0.2) is 60.7 Å². The third-order valence-corrected chi connectivity index (χ3v) is 4.73. The van der Waals surface area contributed by atoms with Crippen molar-refractivity contribution < 1.29 is 9.13 Å². The third kappa shape index (κ3) is 4.82. The molecule has 0 aliphatic heterocycles. The molecule has 26 heavy (non-hydrogen) atoms. The zero-order valence-corrected chi connectivity index (χ0v) is 15.9. The molecule has 0 aliphatic rings. The summed E-state index contributed by atoms with van der Waals surface area (Å²) in [6.07, 6.45) is 0. The molecule has 0 radical (unpaired) electrons. The van der Waals surface area contributed by atoms with E-state index < -0.39 is 0 Å². The summed E-state index contributed by atoms with van der Waals surface area (Å²) in [5.41, 5.74) is 2.39. The molecule has 0 unspecified atom stereocenters. The zero-order valence-electron chi connectivity index (χ0n) is 13.6. The summed E-state index contributed by atoms with van der Waals surface area (Å²) >= 11 is 18.5. The first-order chi connectivity index (χ1) is 12.5. The minimum atomic E-state index is -0.279. The van der Waals surface area contributed by atoms with Crippen LogP contribution in [0, 0.1) is 5.82 Å². The highest BCUT2D eigenvalue weighted by atomic mass is 35.5. The van der Waals surface area contributed by atoms with Gasteiger partial charge >= 0.3 is 0 Å². The SMILES string of the molecule is Fc1ccc(NCc2cc(Cl)ccc2OCc2c(Cl)cccc2Cl)cc1. The molecule has 0 atom stereocenters. The third-order valence-electron chi connectivity index (χ3n) is 3.78. The highest BCUT2D eigenvalue weighted by molar-refractivity contribution is 6.36. The van der Waals surface area contributed by atoms with Crippen LogP contribution in [-0.4, -0.2) is 0 Å². The normalized spacial score (nSPS) is 10.6. The molecule has 0 saturated heterocycles. The lowest BCUT2D eigenvalue weighted by Gasteiger charge is -2.15. The van der Waals surface area contributed by atoms with Gasteiger partial charge in [0.05, 0.1) is 0 Å². The second-order valence-electron chi connectivity index (χ2n) is 5.60. The number of hydrogen-bond donors (Lipinski definition) is 1. The van der Waals surface area contributed by atoms with Crippen LogP contribution < -0.4 is 10.1 Å². The van der Waals surface area contributed by atoms with Crippen molar-refractivity contribution >= 4 is 40.5 Å². The number of halogens is 4. The van der Waals surface area contributed by atoms with E-state index in [9.17, 15) is 4.39 Å². The van der Waals surface area contributed by atoms with Crippen LogP contribution in [0.1, 0.15) is 11.1 Å². The van der Waals surface area contributed by atoms with Gasteiger partial charge in [-0.15, -0.1) is 0 Å². The first kappa shape index (κ1) is 18.8. The van der Waals surface area contributed by atoms with Crippen molar-refractivity contribution in [2.45, 2.75) is 13.2 Å². The molecule has 0 saturated carbocycles. The Morgan fingerprint density at radius 3 is 2.27 bits per heavy atom. The predicted molar refractivity (Wildman–Crippen MR) is 106 cm³/mol. The smallest absolute Gasteiger partial charge is 0.124 e. The van der Waals surface area contributed by atoms with Crippen molar-refractivity contribution in [1.29, 1.82) is 0 Å². The van der Waals surface area contributed by atoms with Crippen molar-refractivity contribution in [3.05, 3.63) is 92.7 Å². The monoisotopic (exact) mass is 409 g/mol. The van der Waals surface area contributed by atoms with E-state index in [4.69, 9.17) is 39.5 Å². The van der Waals surface area contributed by atoms with Gasteiger partial charge in [0, 0.05) is 38.4 Å². The summed E-state index contributed by atoms with van der Waals surface area (Å²) in [6.45, 7) is 0.710. The Morgan fingerprint density at radius 2 is 1.58 bits per heavy atom. The van der Waals surface area contributed by atoms with E-state index in [1.165, 1.54) is 12.1 Å². The molecule has 0 spiro atoms. The molecule has 0 aromatic heterocycles. The topological polar surface area (TPSA) is 21.3 Å². The first-order valence-electron chi connectivity index (χ1n) is 7.86. The van der Waals surface area contributed by atoms with Gasteiger partial charge in [-0.1, -0.05) is 40.9 Å². The molecule has 3 aromatic carbocycles. The van der Waals surface area contributed by atoms with E-state index >= 15 is 0 Å². The van der Waals surface area contributed by atoms with Gasteiger partial charge in [-0.3, -0.25) is 0 Å². The number of benzene rings is 3.